The van der Waals surface area contributed by atoms with E-state index >= 15 is 0 Å². The fourth-order valence-corrected chi connectivity index (χ4v) is 3.17. The van der Waals surface area contributed by atoms with Crippen LogP contribution in [0, 0.1) is 0 Å². The molecule has 4 heteroatoms. The van der Waals surface area contributed by atoms with Crippen LogP contribution in [0.15, 0.2) is 30.3 Å². The van der Waals surface area contributed by atoms with Crippen molar-refractivity contribution in [3.8, 4) is 0 Å². The lowest BCUT2D eigenvalue weighted by Gasteiger charge is -2.27. The number of rotatable bonds is 9. The zero-order valence-corrected chi connectivity index (χ0v) is 14.6. The Hall–Kier alpha value is -1.39. The Kier molecular flexibility index (Phi) is 7.56. The zero-order chi connectivity index (χ0) is 16.5. The Morgan fingerprint density at radius 1 is 1.17 bits per heavy atom. The maximum Gasteiger partial charge on any atom is 0.224 e. The minimum atomic E-state index is 0.278. The van der Waals surface area contributed by atoms with Crippen LogP contribution < -0.4 is 5.32 Å². The van der Waals surface area contributed by atoms with E-state index in [9.17, 15) is 4.79 Å². The number of hydrogen-bond donors (Lipinski definition) is 1. The molecule has 0 radical (unpaired) electrons. The molecule has 1 amide bonds. The van der Waals surface area contributed by atoms with Crippen molar-refractivity contribution < 1.29 is 4.79 Å². The summed E-state index contributed by atoms with van der Waals surface area (Å²) >= 11 is 0. The molecule has 1 N–H and O–H groups in total. The molecule has 1 fully saturated rings. The standard InChI is InChI=1S/C19H31N3O/c1-3-21(4-2)13-14-22(16-17-9-6-5-7-10-17)19(23)15-18-11-8-12-20-18/h5-7,9-10,18,20H,3-4,8,11-16H2,1-2H3. The zero-order valence-electron chi connectivity index (χ0n) is 14.6. The van der Waals surface area contributed by atoms with Crippen LogP contribution in [-0.4, -0.2) is 54.5 Å². The van der Waals surface area contributed by atoms with Gasteiger partial charge in [-0.15, -0.1) is 0 Å². The lowest BCUT2D eigenvalue weighted by Crippen LogP contribution is -2.40. The molecular weight excluding hydrogens is 286 g/mol. The summed E-state index contributed by atoms with van der Waals surface area (Å²) in [6.45, 7) is 9.95. The van der Waals surface area contributed by atoms with Gasteiger partial charge in [0.25, 0.3) is 0 Å². The van der Waals surface area contributed by atoms with Gasteiger partial charge in [-0.2, -0.15) is 0 Å². The number of nitrogens with zero attached hydrogens (tertiary/aromatic N) is 2. The van der Waals surface area contributed by atoms with Crippen LogP contribution in [0.1, 0.15) is 38.7 Å². The fourth-order valence-electron chi connectivity index (χ4n) is 3.17. The van der Waals surface area contributed by atoms with Gasteiger partial charge in [-0.05, 0) is 38.0 Å². The molecular formula is C19H31N3O. The normalized spacial score (nSPS) is 17.6. The van der Waals surface area contributed by atoms with Gasteiger partial charge in [-0.3, -0.25) is 4.79 Å². The third kappa shape index (κ3) is 5.96. The summed E-state index contributed by atoms with van der Waals surface area (Å²) in [7, 11) is 0. The van der Waals surface area contributed by atoms with Gasteiger partial charge in [0.05, 0.1) is 0 Å². The first kappa shape index (κ1) is 18.0. The second kappa shape index (κ2) is 9.68. The minimum absolute atomic E-state index is 0.278. The van der Waals surface area contributed by atoms with Crippen molar-refractivity contribution in [3.05, 3.63) is 35.9 Å². The number of carbonyl (C=O) groups is 1. The molecule has 1 saturated heterocycles. The van der Waals surface area contributed by atoms with E-state index in [-0.39, 0.29) is 5.91 Å². The molecule has 0 aromatic heterocycles. The molecule has 1 aliphatic rings. The lowest BCUT2D eigenvalue weighted by molar-refractivity contribution is -0.132. The topological polar surface area (TPSA) is 35.6 Å². The van der Waals surface area contributed by atoms with Gasteiger partial charge in [-0.25, -0.2) is 0 Å². The maximum absolute atomic E-state index is 12.8. The molecule has 2 rings (SSSR count). The first-order valence-corrected chi connectivity index (χ1v) is 9.00. The van der Waals surface area contributed by atoms with Crippen LogP contribution in [0.5, 0.6) is 0 Å². The van der Waals surface area contributed by atoms with E-state index in [2.05, 4.69) is 36.2 Å². The Morgan fingerprint density at radius 2 is 1.91 bits per heavy atom. The van der Waals surface area contributed by atoms with Crippen molar-refractivity contribution in [2.45, 2.75) is 45.7 Å². The number of carbonyl (C=O) groups excluding carboxylic acids is 1. The smallest absolute Gasteiger partial charge is 0.224 e. The molecule has 1 unspecified atom stereocenters. The maximum atomic E-state index is 12.8. The monoisotopic (exact) mass is 317 g/mol. The van der Waals surface area contributed by atoms with E-state index in [1.54, 1.807) is 0 Å². The van der Waals surface area contributed by atoms with Crippen molar-refractivity contribution >= 4 is 5.91 Å². The minimum Gasteiger partial charge on any atom is -0.337 e. The molecule has 1 aromatic rings. The molecule has 1 atom stereocenters. The van der Waals surface area contributed by atoms with E-state index in [0.717, 1.165) is 39.1 Å². The largest absolute Gasteiger partial charge is 0.337 e. The number of benzene rings is 1. The molecule has 23 heavy (non-hydrogen) atoms. The summed E-state index contributed by atoms with van der Waals surface area (Å²) in [5.74, 6) is 0.278. The molecule has 1 aromatic carbocycles. The van der Waals surface area contributed by atoms with Crippen LogP contribution in [0.4, 0.5) is 0 Å². The van der Waals surface area contributed by atoms with Crippen molar-refractivity contribution in [2.75, 3.05) is 32.7 Å². The van der Waals surface area contributed by atoms with Crippen LogP contribution in [0.25, 0.3) is 0 Å². The molecule has 0 bridgehead atoms. The van der Waals surface area contributed by atoms with Crippen LogP contribution in [0.3, 0.4) is 0 Å². The van der Waals surface area contributed by atoms with Gasteiger partial charge in [-0.1, -0.05) is 44.2 Å². The average molecular weight is 317 g/mol. The highest BCUT2D eigenvalue weighted by atomic mass is 16.2. The van der Waals surface area contributed by atoms with Crippen molar-refractivity contribution in [3.63, 3.8) is 0 Å². The quantitative estimate of drug-likeness (QED) is 0.760. The average Bonchev–Trinajstić information content (AvgIpc) is 3.08. The summed E-state index contributed by atoms with van der Waals surface area (Å²) < 4.78 is 0. The van der Waals surface area contributed by atoms with E-state index in [1.807, 2.05) is 23.1 Å². The number of hydrogen-bond acceptors (Lipinski definition) is 3. The summed E-state index contributed by atoms with van der Waals surface area (Å²) in [5.41, 5.74) is 1.21. The Morgan fingerprint density at radius 3 is 2.52 bits per heavy atom. The number of likely N-dealkylation sites (N-methyl/N-ethyl adjacent to an activating group) is 1. The third-order valence-electron chi connectivity index (χ3n) is 4.73. The lowest BCUT2D eigenvalue weighted by atomic mass is 10.1. The predicted molar refractivity (Wildman–Crippen MR) is 95.3 cm³/mol. The summed E-state index contributed by atoms with van der Waals surface area (Å²) in [5, 5.41) is 3.44. The first-order valence-electron chi connectivity index (χ1n) is 9.00. The van der Waals surface area contributed by atoms with Gasteiger partial charge < -0.3 is 15.1 Å². The molecule has 1 aliphatic heterocycles. The van der Waals surface area contributed by atoms with Crippen LogP contribution >= 0.6 is 0 Å². The van der Waals surface area contributed by atoms with Crippen molar-refractivity contribution in [1.82, 2.24) is 15.1 Å². The first-order chi connectivity index (χ1) is 11.2. The van der Waals surface area contributed by atoms with Gasteiger partial charge >= 0.3 is 0 Å². The second-order valence-corrected chi connectivity index (χ2v) is 6.33. The van der Waals surface area contributed by atoms with E-state index < -0.39 is 0 Å². The molecule has 1 heterocycles. The summed E-state index contributed by atoms with van der Waals surface area (Å²) in [6, 6.07) is 10.7. The summed E-state index contributed by atoms with van der Waals surface area (Å²) in [6.07, 6.45) is 2.95. The van der Waals surface area contributed by atoms with Crippen molar-refractivity contribution in [2.24, 2.45) is 0 Å². The number of nitrogens with one attached hydrogen (secondary N) is 1. The molecule has 4 nitrogen and oxygen atoms in total. The van der Waals surface area contributed by atoms with Gasteiger partial charge in [0.15, 0.2) is 0 Å². The highest BCUT2D eigenvalue weighted by molar-refractivity contribution is 5.77. The van der Waals surface area contributed by atoms with Gasteiger partial charge in [0, 0.05) is 32.1 Å². The van der Waals surface area contributed by atoms with Crippen LogP contribution in [-0.2, 0) is 11.3 Å². The Bertz CT molecular complexity index is 453. The molecule has 128 valence electrons. The Balaban J connectivity index is 1.95. The fraction of sp³-hybridized carbons (Fsp3) is 0.632. The molecule has 0 spiro atoms. The van der Waals surface area contributed by atoms with E-state index in [1.165, 1.54) is 12.0 Å². The van der Waals surface area contributed by atoms with E-state index in [0.29, 0.717) is 19.0 Å². The Labute approximate surface area is 140 Å². The van der Waals surface area contributed by atoms with Gasteiger partial charge in [0.2, 0.25) is 5.91 Å². The predicted octanol–water partition coefficient (Wildman–Crippen LogP) is 2.50. The molecule has 0 saturated carbocycles. The highest BCUT2D eigenvalue weighted by Gasteiger charge is 2.22. The van der Waals surface area contributed by atoms with Gasteiger partial charge in [0.1, 0.15) is 0 Å². The molecule has 0 aliphatic carbocycles. The van der Waals surface area contributed by atoms with E-state index in [4.69, 9.17) is 0 Å². The number of amides is 1. The highest BCUT2D eigenvalue weighted by Crippen LogP contribution is 2.13. The van der Waals surface area contributed by atoms with Crippen molar-refractivity contribution in [1.29, 1.82) is 0 Å². The second-order valence-electron chi connectivity index (χ2n) is 6.33. The SMILES string of the molecule is CCN(CC)CCN(Cc1ccccc1)C(=O)CC1CCCN1. The third-order valence-corrected chi connectivity index (χ3v) is 4.73. The van der Waals surface area contributed by atoms with Crippen LogP contribution in [0.2, 0.25) is 0 Å². The summed E-state index contributed by atoms with van der Waals surface area (Å²) in [4.78, 5) is 17.2.